The maximum Gasteiger partial charge on any atom is 0.269 e. The molecular formula is C14H24N4O. The van der Waals surface area contributed by atoms with Crippen LogP contribution in [0.25, 0.3) is 0 Å². The summed E-state index contributed by atoms with van der Waals surface area (Å²) < 4.78 is 0. The first-order chi connectivity index (χ1) is 8.84. The van der Waals surface area contributed by atoms with Crippen molar-refractivity contribution in [2.75, 3.05) is 39.5 Å². The van der Waals surface area contributed by atoms with E-state index in [2.05, 4.69) is 48.5 Å². The molecule has 0 aliphatic rings. The molecule has 1 rings (SSSR count). The minimum absolute atomic E-state index is 0.153. The largest absolute Gasteiger partial charge is 0.384 e. The van der Waals surface area contributed by atoms with Crippen molar-refractivity contribution in [1.29, 1.82) is 0 Å². The summed E-state index contributed by atoms with van der Waals surface area (Å²) in [5, 5.41) is 5.93. The molecule has 0 aliphatic heterocycles. The number of hydrogen-bond acceptors (Lipinski definition) is 4. The summed E-state index contributed by atoms with van der Waals surface area (Å²) in [5.74, 6) is -0.170. The number of amides is 1. The molecule has 0 unspecified atom stereocenters. The number of pyridine rings is 1. The van der Waals surface area contributed by atoms with E-state index in [0.717, 1.165) is 18.8 Å². The Labute approximate surface area is 115 Å². The van der Waals surface area contributed by atoms with E-state index in [0.29, 0.717) is 5.69 Å². The highest BCUT2D eigenvalue weighted by Crippen LogP contribution is 2.17. The quantitative estimate of drug-likeness (QED) is 0.816. The van der Waals surface area contributed by atoms with Crippen LogP contribution in [0.1, 0.15) is 24.3 Å². The number of carbonyl (C=O) groups is 1. The standard InChI is InChI=1S/C14H24N4O/c1-14(2,10-18(4)5)9-17-11-6-7-16-12(8-11)13(19)15-3/h6-8H,9-10H2,1-5H3,(H,15,19)(H,16,17). The number of rotatable bonds is 6. The van der Waals surface area contributed by atoms with E-state index in [4.69, 9.17) is 0 Å². The molecule has 1 heterocycles. The van der Waals surface area contributed by atoms with Crippen LogP contribution in [-0.4, -0.2) is 50.0 Å². The van der Waals surface area contributed by atoms with Crippen molar-refractivity contribution >= 4 is 11.6 Å². The molecule has 0 aromatic carbocycles. The van der Waals surface area contributed by atoms with Gasteiger partial charge in [-0.2, -0.15) is 0 Å². The van der Waals surface area contributed by atoms with E-state index < -0.39 is 0 Å². The van der Waals surface area contributed by atoms with Gasteiger partial charge in [0.1, 0.15) is 5.69 Å². The molecule has 0 saturated heterocycles. The zero-order chi connectivity index (χ0) is 14.5. The summed E-state index contributed by atoms with van der Waals surface area (Å²) in [7, 11) is 5.74. The van der Waals surface area contributed by atoms with Crippen molar-refractivity contribution < 1.29 is 4.79 Å². The molecule has 1 aromatic heterocycles. The van der Waals surface area contributed by atoms with Gasteiger partial charge in [0, 0.05) is 32.0 Å². The molecule has 0 radical (unpaired) electrons. The van der Waals surface area contributed by atoms with Crippen molar-refractivity contribution in [3.8, 4) is 0 Å². The van der Waals surface area contributed by atoms with Gasteiger partial charge in [-0.15, -0.1) is 0 Å². The Kier molecular flexibility index (Phi) is 5.30. The monoisotopic (exact) mass is 264 g/mol. The second-order valence-electron chi connectivity index (χ2n) is 5.76. The lowest BCUT2D eigenvalue weighted by Crippen LogP contribution is -2.34. The lowest BCUT2D eigenvalue weighted by atomic mass is 9.93. The summed E-state index contributed by atoms with van der Waals surface area (Å²) >= 11 is 0. The zero-order valence-corrected chi connectivity index (χ0v) is 12.4. The van der Waals surface area contributed by atoms with Gasteiger partial charge in [-0.3, -0.25) is 9.78 Å². The SMILES string of the molecule is CNC(=O)c1cc(NCC(C)(C)CN(C)C)ccn1. The van der Waals surface area contributed by atoms with Crippen LogP contribution in [0, 0.1) is 5.41 Å². The molecule has 1 aromatic rings. The van der Waals surface area contributed by atoms with Crippen LogP contribution in [-0.2, 0) is 0 Å². The van der Waals surface area contributed by atoms with Crippen LogP contribution in [0.4, 0.5) is 5.69 Å². The molecule has 19 heavy (non-hydrogen) atoms. The molecule has 0 bridgehead atoms. The van der Waals surface area contributed by atoms with Gasteiger partial charge in [0.15, 0.2) is 0 Å². The van der Waals surface area contributed by atoms with Crippen molar-refractivity contribution in [3.05, 3.63) is 24.0 Å². The highest BCUT2D eigenvalue weighted by atomic mass is 16.1. The number of carbonyl (C=O) groups excluding carboxylic acids is 1. The van der Waals surface area contributed by atoms with Gasteiger partial charge in [0.25, 0.3) is 5.91 Å². The number of anilines is 1. The number of nitrogens with one attached hydrogen (secondary N) is 2. The maximum atomic E-state index is 11.5. The minimum atomic E-state index is -0.170. The highest BCUT2D eigenvalue weighted by molar-refractivity contribution is 5.92. The lowest BCUT2D eigenvalue weighted by Gasteiger charge is -2.28. The Morgan fingerprint density at radius 2 is 2.11 bits per heavy atom. The summed E-state index contributed by atoms with van der Waals surface area (Å²) in [5.41, 5.74) is 1.50. The molecule has 5 nitrogen and oxygen atoms in total. The summed E-state index contributed by atoms with van der Waals surface area (Å²) in [6, 6.07) is 3.64. The summed E-state index contributed by atoms with van der Waals surface area (Å²) in [6.45, 7) is 6.25. The van der Waals surface area contributed by atoms with Crippen molar-refractivity contribution in [3.63, 3.8) is 0 Å². The second-order valence-corrected chi connectivity index (χ2v) is 5.76. The van der Waals surface area contributed by atoms with Crippen molar-refractivity contribution in [2.45, 2.75) is 13.8 Å². The third kappa shape index (κ3) is 5.26. The molecule has 2 N–H and O–H groups in total. The van der Waals surface area contributed by atoms with Gasteiger partial charge in [-0.1, -0.05) is 13.8 Å². The van der Waals surface area contributed by atoms with Crippen LogP contribution in [0.15, 0.2) is 18.3 Å². The molecule has 106 valence electrons. The molecule has 0 aliphatic carbocycles. The average Bonchev–Trinajstić information content (AvgIpc) is 2.34. The van der Waals surface area contributed by atoms with Crippen LogP contribution in [0.2, 0.25) is 0 Å². The highest BCUT2D eigenvalue weighted by Gasteiger charge is 2.18. The Morgan fingerprint density at radius 3 is 2.68 bits per heavy atom. The average molecular weight is 264 g/mol. The Hall–Kier alpha value is -1.62. The summed E-state index contributed by atoms with van der Waals surface area (Å²) in [4.78, 5) is 17.7. The fourth-order valence-corrected chi connectivity index (χ4v) is 2.05. The summed E-state index contributed by atoms with van der Waals surface area (Å²) in [6.07, 6.45) is 1.64. The first-order valence-corrected chi connectivity index (χ1v) is 6.41. The van der Waals surface area contributed by atoms with E-state index in [-0.39, 0.29) is 11.3 Å². The van der Waals surface area contributed by atoms with Gasteiger partial charge in [-0.05, 0) is 31.6 Å². The van der Waals surface area contributed by atoms with Gasteiger partial charge in [0.2, 0.25) is 0 Å². The Balaban J connectivity index is 2.65. The van der Waals surface area contributed by atoms with Crippen LogP contribution in [0.5, 0.6) is 0 Å². The van der Waals surface area contributed by atoms with E-state index in [1.165, 1.54) is 0 Å². The van der Waals surface area contributed by atoms with Crippen molar-refractivity contribution in [2.24, 2.45) is 5.41 Å². The van der Waals surface area contributed by atoms with Gasteiger partial charge in [-0.25, -0.2) is 0 Å². The first-order valence-electron chi connectivity index (χ1n) is 6.41. The molecule has 0 fully saturated rings. The zero-order valence-electron chi connectivity index (χ0n) is 12.4. The van der Waals surface area contributed by atoms with Gasteiger partial charge >= 0.3 is 0 Å². The van der Waals surface area contributed by atoms with Crippen LogP contribution < -0.4 is 10.6 Å². The van der Waals surface area contributed by atoms with E-state index >= 15 is 0 Å². The third-order valence-electron chi connectivity index (χ3n) is 2.73. The van der Waals surface area contributed by atoms with Gasteiger partial charge in [0.05, 0.1) is 0 Å². The number of hydrogen-bond donors (Lipinski definition) is 2. The molecular weight excluding hydrogens is 240 g/mol. The van der Waals surface area contributed by atoms with Gasteiger partial charge < -0.3 is 15.5 Å². The Morgan fingerprint density at radius 1 is 1.42 bits per heavy atom. The predicted molar refractivity (Wildman–Crippen MR) is 78.5 cm³/mol. The number of aromatic nitrogens is 1. The minimum Gasteiger partial charge on any atom is -0.384 e. The molecule has 0 saturated carbocycles. The van der Waals surface area contributed by atoms with Crippen LogP contribution >= 0.6 is 0 Å². The Bertz CT molecular complexity index is 429. The van der Waals surface area contributed by atoms with E-state index in [9.17, 15) is 4.79 Å². The normalized spacial score (nSPS) is 11.5. The first kappa shape index (κ1) is 15.4. The third-order valence-corrected chi connectivity index (χ3v) is 2.73. The molecule has 0 spiro atoms. The maximum absolute atomic E-state index is 11.5. The fraction of sp³-hybridized carbons (Fsp3) is 0.571. The smallest absolute Gasteiger partial charge is 0.269 e. The second kappa shape index (κ2) is 6.52. The fourth-order valence-electron chi connectivity index (χ4n) is 2.05. The van der Waals surface area contributed by atoms with Crippen LogP contribution in [0.3, 0.4) is 0 Å². The lowest BCUT2D eigenvalue weighted by molar-refractivity contribution is 0.0958. The topological polar surface area (TPSA) is 57.3 Å². The molecule has 1 amide bonds. The van der Waals surface area contributed by atoms with E-state index in [1.807, 2.05) is 6.07 Å². The molecule has 5 heteroatoms. The number of nitrogens with zero attached hydrogens (tertiary/aromatic N) is 2. The van der Waals surface area contributed by atoms with Crippen molar-refractivity contribution in [1.82, 2.24) is 15.2 Å². The predicted octanol–water partition coefficient (Wildman–Crippen LogP) is 1.44. The molecule has 0 atom stereocenters. The van der Waals surface area contributed by atoms with E-state index in [1.54, 1.807) is 19.3 Å².